The first-order valence-electron chi connectivity index (χ1n) is 7.02. The Hall–Kier alpha value is -2.10. The zero-order chi connectivity index (χ0) is 13.9. The van der Waals surface area contributed by atoms with Crippen molar-refractivity contribution in [2.45, 2.75) is 31.6 Å². The smallest absolute Gasteiger partial charge is 0.251 e. The number of rotatable bonds is 3. The summed E-state index contributed by atoms with van der Waals surface area (Å²) < 4.78 is 5.22. The van der Waals surface area contributed by atoms with Gasteiger partial charge in [-0.1, -0.05) is 25.0 Å². The molecule has 1 fully saturated rings. The van der Waals surface area contributed by atoms with E-state index < -0.39 is 0 Å². The highest BCUT2D eigenvalue weighted by molar-refractivity contribution is 5.57. The summed E-state index contributed by atoms with van der Waals surface area (Å²) in [6.45, 7) is 0. The van der Waals surface area contributed by atoms with E-state index in [2.05, 4.69) is 9.97 Å². The molecule has 104 valence electrons. The summed E-state index contributed by atoms with van der Waals surface area (Å²) in [7, 11) is 1.63. The predicted molar refractivity (Wildman–Crippen MR) is 78.1 cm³/mol. The van der Waals surface area contributed by atoms with Crippen molar-refractivity contribution >= 4 is 0 Å². The SMILES string of the molecule is COc1cccc(-c2nc(C3CCCC3)cc(=O)[nH]2)c1. The topological polar surface area (TPSA) is 55.0 Å². The molecule has 4 heteroatoms. The number of hydrogen-bond donors (Lipinski definition) is 1. The highest BCUT2D eigenvalue weighted by Crippen LogP contribution is 2.33. The molecule has 4 nitrogen and oxygen atoms in total. The van der Waals surface area contributed by atoms with E-state index in [9.17, 15) is 4.79 Å². The maximum absolute atomic E-state index is 11.9. The van der Waals surface area contributed by atoms with Crippen molar-refractivity contribution in [1.82, 2.24) is 9.97 Å². The first-order valence-corrected chi connectivity index (χ1v) is 7.02. The highest BCUT2D eigenvalue weighted by Gasteiger charge is 2.19. The van der Waals surface area contributed by atoms with Crippen LogP contribution in [0.25, 0.3) is 11.4 Å². The van der Waals surface area contributed by atoms with Crippen LogP contribution in [0.3, 0.4) is 0 Å². The van der Waals surface area contributed by atoms with Crippen LogP contribution < -0.4 is 10.3 Å². The van der Waals surface area contributed by atoms with Gasteiger partial charge in [0.25, 0.3) is 5.56 Å². The fourth-order valence-electron chi connectivity index (χ4n) is 2.81. The minimum atomic E-state index is -0.0836. The maximum Gasteiger partial charge on any atom is 0.251 e. The second-order valence-corrected chi connectivity index (χ2v) is 5.23. The van der Waals surface area contributed by atoms with E-state index in [1.807, 2.05) is 24.3 Å². The van der Waals surface area contributed by atoms with Gasteiger partial charge < -0.3 is 9.72 Å². The molecular formula is C16H18N2O2. The van der Waals surface area contributed by atoms with Crippen molar-refractivity contribution in [3.8, 4) is 17.1 Å². The van der Waals surface area contributed by atoms with Crippen molar-refractivity contribution in [1.29, 1.82) is 0 Å². The van der Waals surface area contributed by atoms with E-state index in [0.29, 0.717) is 11.7 Å². The number of benzene rings is 1. The van der Waals surface area contributed by atoms with Gasteiger partial charge in [0.2, 0.25) is 0 Å². The Morgan fingerprint density at radius 1 is 1.25 bits per heavy atom. The lowest BCUT2D eigenvalue weighted by Gasteiger charge is -2.10. The lowest BCUT2D eigenvalue weighted by Crippen LogP contribution is -2.12. The average molecular weight is 270 g/mol. The molecule has 0 radical (unpaired) electrons. The molecule has 0 bridgehead atoms. The van der Waals surface area contributed by atoms with Crippen molar-refractivity contribution in [3.05, 3.63) is 46.4 Å². The molecule has 1 aromatic carbocycles. The number of aromatic nitrogens is 2. The standard InChI is InChI=1S/C16H18N2O2/c1-20-13-8-4-7-12(9-13)16-17-14(10-15(19)18-16)11-5-2-3-6-11/h4,7-11H,2-3,5-6H2,1H3,(H,17,18,19). The summed E-state index contributed by atoms with van der Waals surface area (Å²) in [6, 6.07) is 9.23. The van der Waals surface area contributed by atoms with E-state index in [-0.39, 0.29) is 5.56 Å². The van der Waals surface area contributed by atoms with Gasteiger partial charge in [-0.2, -0.15) is 0 Å². The third kappa shape index (κ3) is 2.59. The number of H-pyrrole nitrogens is 1. The van der Waals surface area contributed by atoms with Crippen LogP contribution in [0.2, 0.25) is 0 Å². The van der Waals surface area contributed by atoms with Gasteiger partial charge in [-0.3, -0.25) is 4.79 Å². The minimum Gasteiger partial charge on any atom is -0.497 e. The molecule has 0 atom stereocenters. The van der Waals surface area contributed by atoms with Crippen LogP contribution in [0.15, 0.2) is 35.1 Å². The van der Waals surface area contributed by atoms with E-state index >= 15 is 0 Å². The van der Waals surface area contributed by atoms with Crippen molar-refractivity contribution in [2.75, 3.05) is 7.11 Å². The normalized spacial score (nSPS) is 15.4. The van der Waals surface area contributed by atoms with E-state index in [1.54, 1.807) is 13.2 Å². The van der Waals surface area contributed by atoms with Gasteiger partial charge >= 0.3 is 0 Å². The Bertz CT molecular complexity index is 658. The second kappa shape index (κ2) is 5.49. The Morgan fingerprint density at radius 2 is 2.05 bits per heavy atom. The summed E-state index contributed by atoms with van der Waals surface area (Å²) in [4.78, 5) is 19.3. The van der Waals surface area contributed by atoms with Crippen molar-refractivity contribution < 1.29 is 4.74 Å². The lowest BCUT2D eigenvalue weighted by molar-refractivity contribution is 0.415. The molecule has 0 saturated heterocycles. The summed E-state index contributed by atoms with van der Waals surface area (Å²) >= 11 is 0. The molecule has 1 aliphatic rings. The van der Waals surface area contributed by atoms with Gasteiger partial charge in [0.05, 0.1) is 12.8 Å². The molecule has 3 rings (SSSR count). The molecule has 1 aliphatic carbocycles. The van der Waals surface area contributed by atoms with E-state index in [0.717, 1.165) is 29.8 Å². The quantitative estimate of drug-likeness (QED) is 0.932. The van der Waals surface area contributed by atoms with Crippen LogP contribution in [0.4, 0.5) is 0 Å². The third-order valence-corrected chi connectivity index (χ3v) is 3.88. The number of nitrogens with one attached hydrogen (secondary N) is 1. The Kier molecular flexibility index (Phi) is 3.54. The summed E-state index contributed by atoms with van der Waals surface area (Å²) in [5, 5.41) is 0. The van der Waals surface area contributed by atoms with Crippen molar-refractivity contribution in [2.24, 2.45) is 0 Å². The van der Waals surface area contributed by atoms with Crippen LogP contribution in [-0.2, 0) is 0 Å². The number of nitrogens with zero attached hydrogens (tertiary/aromatic N) is 1. The minimum absolute atomic E-state index is 0.0836. The number of aromatic amines is 1. The van der Waals surface area contributed by atoms with Crippen molar-refractivity contribution in [3.63, 3.8) is 0 Å². The van der Waals surface area contributed by atoms with Crippen LogP contribution in [-0.4, -0.2) is 17.1 Å². The van der Waals surface area contributed by atoms with Gasteiger partial charge in [-0.05, 0) is 25.0 Å². The Morgan fingerprint density at radius 3 is 2.80 bits per heavy atom. The summed E-state index contributed by atoms with van der Waals surface area (Å²) in [5.74, 6) is 1.82. The fourth-order valence-corrected chi connectivity index (χ4v) is 2.81. The van der Waals surface area contributed by atoms with Gasteiger partial charge in [-0.25, -0.2) is 4.98 Å². The molecule has 0 amide bonds. The van der Waals surface area contributed by atoms with Gasteiger partial charge in [-0.15, -0.1) is 0 Å². The zero-order valence-corrected chi connectivity index (χ0v) is 11.6. The van der Waals surface area contributed by atoms with Crippen LogP contribution in [0, 0.1) is 0 Å². The first-order chi connectivity index (χ1) is 9.76. The van der Waals surface area contributed by atoms with Gasteiger partial charge in [0.15, 0.2) is 0 Å². The molecule has 1 aromatic heterocycles. The largest absolute Gasteiger partial charge is 0.497 e. The molecule has 20 heavy (non-hydrogen) atoms. The summed E-state index contributed by atoms with van der Waals surface area (Å²) in [5.41, 5.74) is 1.71. The Balaban J connectivity index is 2.02. The highest BCUT2D eigenvalue weighted by atomic mass is 16.5. The molecule has 2 aromatic rings. The second-order valence-electron chi connectivity index (χ2n) is 5.23. The maximum atomic E-state index is 11.9. The average Bonchev–Trinajstić information content (AvgIpc) is 3.01. The van der Waals surface area contributed by atoms with E-state index in [4.69, 9.17) is 4.74 Å². The molecule has 0 aliphatic heterocycles. The van der Waals surface area contributed by atoms with E-state index in [1.165, 1.54) is 12.8 Å². The molecule has 1 N–H and O–H groups in total. The molecule has 0 spiro atoms. The molecule has 1 saturated carbocycles. The number of hydrogen-bond acceptors (Lipinski definition) is 3. The van der Waals surface area contributed by atoms with Gasteiger partial charge in [0, 0.05) is 17.5 Å². The molecule has 0 unspecified atom stereocenters. The number of methoxy groups -OCH3 is 1. The summed E-state index contributed by atoms with van der Waals surface area (Å²) in [6.07, 6.45) is 4.73. The van der Waals surface area contributed by atoms with Crippen LogP contribution in [0.5, 0.6) is 5.75 Å². The first kappa shape index (κ1) is 12.9. The van der Waals surface area contributed by atoms with Crippen LogP contribution in [0.1, 0.15) is 37.3 Å². The lowest BCUT2D eigenvalue weighted by atomic mass is 10.0. The Labute approximate surface area is 117 Å². The zero-order valence-electron chi connectivity index (χ0n) is 11.6. The van der Waals surface area contributed by atoms with Crippen LogP contribution >= 0.6 is 0 Å². The molecule has 1 heterocycles. The number of ether oxygens (including phenoxy) is 1. The third-order valence-electron chi connectivity index (χ3n) is 3.88. The molecular weight excluding hydrogens is 252 g/mol. The fraction of sp³-hybridized carbons (Fsp3) is 0.375. The predicted octanol–water partition coefficient (Wildman–Crippen LogP) is 3.10. The van der Waals surface area contributed by atoms with Gasteiger partial charge in [0.1, 0.15) is 11.6 Å². The monoisotopic (exact) mass is 270 g/mol.